The zero-order valence-corrected chi connectivity index (χ0v) is 11.7. The van der Waals surface area contributed by atoms with Crippen LogP contribution in [0.4, 0.5) is 0 Å². The lowest BCUT2D eigenvalue weighted by Gasteiger charge is -2.05. The van der Waals surface area contributed by atoms with Crippen LogP contribution >= 0.6 is 11.3 Å². The SMILES string of the molecule is CCc1ccc(OCc2nc(C)sc2C(=O)O)cc1. The van der Waals surface area contributed by atoms with E-state index in [4.69, 9.17) is 9.84 Å². The molecule has 1 aromatic heterocycles. The smallest absolute Gasteiger partial charge is 0.347 e. The van der Waals surface area contributed by atoms with Gasteiger partial charge in [0.15, 0.2) is 0 Å². The summed E-state index contributed by atoms with van der Waals surface area (Å²) in [6, 6.07) is 7.77. The van der Waals surface area contributed by atoms with Gasteiger partial charge < -0.3 is 9.84 Å². The van der Waals surface area contributed by atoms with Crippen molar-refractivity contribution < 1.29 is 14.6 Å². The number of benzene rings is 1. The predicted octanol–water partition coefficient (Wildman–Crippen LogP) is 3.29. The maximum Gasteiger partial charge on any atom is 0.347 e. The molecule has 5 heteroatoms. The van der Waals surface area contributed by atoms with Crippen LogP contribution in [-0.4, -0.2) is 16.1 Å². The molecule has 0 unspecified atom stereocenters. The highest BCUT2D eigenvalue weighted by molar-refractivity contribution is 7.13. The summed E-state index contributed by atoms with van der Waals surface area (Å²) in [6.45, 7) is 4.06. The Bertz CT molecular complexity index is 575. The minimum Gasteiger partial charge on any atom is -0.487 e. The number of carboxylic acids is 1. The monoisotopic (exact) mass is 277 g/mol. The van der Waals surface area contributed by atoms with Gasteiger partial charge in [0.2, 0.25) is 0 Å². The van der Waals surface area contributed by atoms with Crippen LogP contribution in [0.1, 0.15) is 32.9 Å². The van der Waals surface area contributed by atoms with E-state index in [1.807, 2.05) is 24.3 Å². The normalized spacial score (nSPS) is 10.4. The highest BCUT2D eigenvalue weighted by Crippen LogP contribution is 2.20. The van der Waals surface area contributed by atoms with E-state index in [-0.39, 0.29) is 11.5 Å². The molecule has 0 aliphatic rings. The van der Waals surface area contributed by atoms with Crippen molar-refractivity contribution in [3.8, 4) is 5.75 Å². The molecule has 100 valence electrons. The van der Waals surface area contributed by atoms with E-state index in [0.29, 0.717) is 5.69 Å². The van der Waals surface area contributed by atoms with Crippen LogP contribution in [0.15, 0.2) is 24.3 Å². The Hall–Kier alpha value is -1.88. The van der Waals surface area contributed by atoms with Crippen molar-refractivity contribution in [1.82, 2.24) is 4.98 Å². The van der Waals surface area contributed by atoms with Gasteiger partial charge in [-0.3, -0.25) is 0 Å². The molecule has 1 heterocycles. The highest BCUT2D eigenvalue weighted by atomic mass is 32.1. The van der Waals surface area contributed by atoms with Gasteiger partial charge in [0.1, 0.15) is 22.9 Å². The summed E-state index contributed by atoms with van der Waals surface area (Å²) in [4.78, 5) is 15.5. The zero-order chi connectivity index (χ0) is 13.8. The molecule has 0 amide bonds. The quantitative estimate of drug-likeness (QED) is 0.911. The summed E-state index contributed by atoms with van der Waals surface area (Å²) in [5.41, 5.74) is 1.72. The molecule has 0 atom stereocenters. The molecule has 0 saturated carbocycles. The van der Waals surface area contributed by atoms with Gasteiger partial charge in [0.25, 0.3) is 0 Å². The van der Waals surface area contributed by atoms with Gasteiger partial charge in [0.05, 0.1) is 5.01 Å². The van der Waals surface area contributed by atoms with Crippen LogP contribution in [-0.2, 0) is 13.0 Å². The number of hydrogen-bond donors (Lipinski definition) is 1. The van der Waals surface area contributed by atoms with Crippen molar-refractivity contribution >= 4 is 17.3 Å². The van der Waals surface area contributed by atoms with Gasteiger partial charge >= 0.3 is 5.97 Å². The molecule has 2 aromatic rings. The molecular weight excluding hydrogens is 262 g/mol. The average molecular weight is 277 g/mol. The fourth-order valence-corrected chi connectivity index (χ4v) is 2.47. The summed E-state index contributed by atoms with van der Waals surface area (Å²) in [5, 5.41) is 9.79. The van der Waals surface area contributed by atoms with Gasteiger partial charge in [-0.25, -0.2) is 9.78 Å². The van der Waals surface area contributed by atoms with Crippen molar-refractivity contribution in [2.45, 2.75) is 26.9 Å². The molecule has 0 spiro atoms. The van der Waals surface area contributed by atoms with Crippen molar-refractivity contribution in [2.24, 2.45) is 0 Å². The number of hydrogen-bond acceptors (Lipinski definition) is 4. The maximum absolute atomic E-state index is 11.0. The molecule has 0 fully saturated rings. The second-order valence-corrected chi connectivity index (χ2v) is 5.30. The average Bonchev–Trinajstić information content (AvgIpc) is 2.78. The first kappa shape index (κ1) is 13.5. The first-order chi connectivity index (χ1) is 9.10. The topological polar surface area (TPSA) is 59.4 Å². The lowest BCUT2D eigenvalue weighted by Crippen LogP contribution is -2.03. The Labute approximate surface area is 115 Å². The van der Waals surface area contributed by atoms with Crippen LogP contribution in [0.5, 0.6) is 5.75 Å². The number of rotatable bonds is 5. The Kier molecular flexibility index (Phi) is 4.16. The first-order valence-corrected chi connectivity index (χ1v) is 6.83. The van der Waals surface area contributed by atoms with E-state index < -0.39 is 5.97 Å². The summed E-state index contributed by atoms with van der Waals surface area (Å²) in [7, 11) is 0. The van der Waals surface area contributed by atoms with Gasteiger partial charge in [0, 0.05) is 0 Å². The Morgan fingerprint density at radius 3 is 2.63 bits per heavy atom. The molecule has 0 aliphatic carbocycles. The number of ether oxygens (including phenoxy) is 1. The van der Waals surface area contributed by atoms with E-state index in [0.717, 1.165) is 17.2 Å². The van der Waals surface area contributed by atoms with E-state index in [1.165, 1.54) is 16.9 Å². The van der Waals surface area contributed by atoms with Crippen LogP contribution in [0.2, 0.25) is 0 Å². The maximum atomic E-state index is 11.0. The van der Waals surface area contributed by atoms with Gasteiger partial charge in [-0.1, -0.05) is 19.1 Å². The fourth-order valence-electron chi connectivity index (χ4n) is 1.71. The third-order valence-electron chi connectivity index (χ3n) is 2.71. The number of aryl methyl sites for hydroxylation is 2. The molecule has 2 rings (SSSR count). The second kappa shape index (κ2) is 5.84. The molecule has 0 radical (unpaired) electrons. The fraction of sp³-hybridized carbons (Fsp3) is 0.286. The Morgan fingerprint density at radius 1 is 1.37 bits per heavy atom. The summed E-state index contributed by atoms with van der Waals surface area (Å²) >= 11 is 1.17. The molecule has 19 heavy (non-hydrogen) atoms. The van der Waals surface area contributed by atoms with Crippen molar-refractivity contribution in [3.05, 3.63) is 45.4 Å². The second-order valence-electron chi connectivity index (χ2n) is 4.10. The number of thiazole rings is 1. The zero-order valence-electron chi connectivity index (χ0n) is 10.8. The minimum atomic E-state index is -0.953. The number of aromatic nitrogens is 1. The van der Waals surface area contributed by atoms with Gasteiger partial charge in [-0.2, -0.15) is 0 Å². The lowest BCUT2D eigenvalue weighted by molar-refractivity contribution is 0.0699. The number of carbonyl (C=O) groups is 1. The van der Waals surface area contributed by atoms with Gasteiger partial charge in [-0.15, -0.1) is 11.3 Å². The minimum absolute atomic E-state index is 0.178. The third kappa shape index (κ3) is 3.32. The van der Waals surface area contributed by atoms with Crippen molar-refractivity contribution in [2.75, 3.05) is 0 Å². The number of aromatic carboxylic acids is 1. The summed E-state index contributed by atoms with van der Waals surface area (Å²) in [5.74, 6) is -0.232. The highest BCUT2D eigenvalue weighted by Gasteiger charge is 2.16. The predicted molar refractivity (Wildman–Crippen MR) is 74.0 cm³/mol. The molecule has 0 aliphatic heterocycles. The van der Waals surface area contributed by atoms with Crippen LogP contribution in [0, 0.1) is 6.92 Å². The molecule has 1 aromatic carbocycles. The first-order valence-electron chi connectivity index (χ1n) is 6.01. The van der Waals surface area contributed by atoms with Crippen molar-refractivity contribution in [1.29, 1.82) is 0 Å². The lowest BCUT2D eigenvalue weighted by atomic mass is 10.2. The number of nitrogens with zero attached hydrogens (tertiary/aromatic N) is 1. The van der Waals surface area contributed by atoms with E-state index >= 15 is 0 Å². The largest absolute Gasteiger partial charge is 0.487 e. The summed E-state index contributed by atoms with van der Waals surface area (Å²) < 4.78 is 5.58. The van der Waals surface area contributed by atoms with E-state index in [2.05, 4.69) is 11.9 Å². The van der Waals surface area contributed by atoms with E-state index in [1.54, 1.807) is 6.92 Å². The molecule has 0 bridgehead atoms. The third-order valence-corrected chi connectivity index (χ3v) is 3.71. The standard InChI is InChI=1S/C14H15NO3S/c1-3-10-4-6-11(7-5-10)18-8-12-13(14(16)17)19-9(2)15-12/h4-7H,3,8H2,1-2H3,(H,16,17). The van der Waals surface area contributed by atoms with Crippen LogP contribution in [0.25, 0.3) is 0 Å². The van der Waals surface area contributed by atoms with Crippen molar-refractivity contribution in [3.63, 3.8) is 0 Å². The van der Waals surface area contributed by atoms with E-state index in [9.17, 15) is 4.79 Å². The molecular formula is C14H15NO3S. The van der Waals surface area contributed by atoms with Crippen LogP contribution < -0.4 is 4.74 Å². The number of carboxylic acid groups (broad SMARTS) is 1. The van der Waals surface area contributed by atoms with Crippen LogP contribution in [0.3, 0.4) is 0 Å². The Balaban J connectivity index is 2.07. The van der Waals surface area contributed by atoms with Gasteiger partial charge in [-0.05, 0) is 31.0 Å². The molecule has 0 saturated heterocycles. The Morgan fingerprint density at radius 2 is 2.05 bits per heavy atom. The molecule has 1 N–H and O–H groups in total. The summed E-state index contributed by atoms with van der Waals surface area (Å²) in [6.07, 6.45) is 0.981. The molecule has 4 nitrogen and oxygen atoms in total.